The van der Waals surface area contributed by atoms with Gasteiger partial charge in [-0.1, -0.05) is 25.1 Å². The lowest BCUT2D eigenvalue weighted by atomic mass is 9.93. The predicted molar refractivity (Wildman–Crippen MR) is 64.0 cm³/mol. The zero-order valence-electron chi connectivity index (χ0n) is 9.29. The summed E-state index contributed by atoms with van der Waals surface area (Å²) < 4.78 is 5.77. The molecular formula is C13H17ClO. The summed E-state index contributed by atoms with van der Waals surface area (Å²) in [7, 11) is 0. The summed E-state index contributed by atoms with van der Waals surface area (Å²) in [6.07, 6.45) is 2.26. The highest BCUT2D eigenvalue weighted by atomic mass is 35.5. The van der Waals surface area contributed by atoms with Crippen LogP contribution in [-0.4, -0.2) is 12.0 Å². The van der Waals surface area contributed by atoms with Crippen LogP contribution < -0.4 is 4.74 Å². The Morgan fingerprint density at radius 2 is 2.13 bits per heavy atom. The smallest absolute Gasteiger partial charge is 0.125 e. The van der Waals surface area contributed by atoms with Gasteiger partial charge in [0.15, 0.2) is 0 Å². The molecule has 2 rings (SSSR count). The number of fused-ring (bicyclic) bond motifs is 1. The second kappa shape index (κ2) is 4.44. The maximum absolute atomic E-state index is 6.15. The minimum Gasteiger partial charge on any atom is -0.493 e. The first-order valence-corrected chi connectivity index (χ1v) is 6.02. The summed E-state index contributed by atoms with van der Waals surface area (Å²) >= 11 is 6.15. The summed E-state index contributed by atoms with van der Waals surface area (Å²) in [6.45, 7) is 5.03. The molecule has 1 aromatic carbocycles. The largest absolute Gasteiger partial charge is 0.493 e. The highest BCUT2D eigenvalue weighted by molar-refractivity contribution is 6.20. The molecule has 0 aliphatic carbocycles. The Balaban J connectivity index is 2.39. The van der Waals surface area contributed by atoms with E-state index in [2.05, 4.69) is 25.1 Å². The van der Waals surface area contributed by atoms with Gasteiger partial charge in [0.2, 0.25) is 0 Å². The first kappa shape index (κ1) is 10.8. The molecule has 1 heterocycles. The lowest BCUT2D eigenvalue weighted by Gasteiger charge is -2.24. The van der Waals surface area contributed by atoms with Crippen LogP contribution in [0.5, 0.6) is 5.75 Å². The molecule has 2 atom stereocenters. The molecule has 0 aromatic heterocycles. The number of benzene rings is 1. The van der Waals surface area contributed by atoms with E-state index >= 15 is 0 Å². The van der Waals surface area contributed by atoms with Gasteiger partial charge in [-0.05, 0) is 30.9 Å². The molecule has 82 valence electrons. The van der Waals surface area contributed by atoms with Crippen molar-refractivity contribution in [3.05, 3.63) is 29.3 Å². The zero-order valence-corrected chi connectivity index (χ0v) is 10.1. The second-order valence-corrected chi connectivity index (χ2v) is 4.94. The van der Waals surface area contributed by atoms with Gasteiger partial charge >= 0.3 is 0 Å². The molecule has 15 heavy (non-hydrogen) atoms. The normalized spacial score (nSPS) is 18.9. The van der Waals surface area contributed by atoms with Crippen molar-refractivity contribution < 1.29 is 4.74 Å². The van der Waals surface area contributed by atoms with Crippen molar-refractivity contribution in [3.63, 3.8) is 0 Å². The van der Waals surface area contributed by atoms with E-state index in [1.807, 2.05) is 6.92 Å². The molecule has 1 aliphatic heterocycles. The van der Waals surface area contributed by atoms with Crippen molar-refractivity contribution in [3.8, 4) is 5.75 Å². The fourth-order valence-corrected chi connectivity index (χ4v) is 2.16. The Hall–Kier alpha value is -0.690. The van der Waals surface area contributed by atoms with Gasteiger partial charge in [0.05, 0.1) is 6.61 Å². The number of para-hydroxylation sites is 1. The molecule has 0 N–H and O–H groups in total. The van der Waals surface area contributed by atoms with Crippen LogP contribution in [0.15, 0.2) is 18.2 Å². The average Bonchev–Trinajstić information content (AvgIpc) is 2.27. The topological polar surface area (TPSA) is 9.23 Å². The molecule has 0 saturated carbocycles. The minimum absolute atomic E-state index is 0.141. The molecule has 0 bridgehead atoms. The van der Waals surface area contributed by atoms with E-state index in [1.54, 1.807) is 0 Å². The molecule has 2 heteroatoms. The molecule has 0 radical (unpaired) electrons. The van der Waals surface area contributed by atoms with E-state index in [9.17, 15) is 0 Å². The van der Waals surface area contributed by atoms with Crippen molar-refractivity contribution in [2.24, 2.45) is 0 Å². The van der Waals surface area contributed by atoms with Crippen LogP contribution in [0.1, 0.15) is 37.3 Å². The van der Waals surface area contributed by atoms with E-state index < -0.39 is 0 Å². The Kier molecular flexibility index (Phi) is 3.20. The number of hydrogen-bond acceptors (Lipinski definition) is 1. The molecular weight excluding hydrogens is 208 g/mol. The fraction of sp³-hybridized carbons (Fsp3) is 0.538. The minimum atomic E-state index is 0.141. The quantitative estimate of drug-likeness (QED) is 0.696. The zero-order chi connectivity index (χ0) is 10.8. The number of halogens is 1. The summed E-state index contributed by atoms with van der Waals surface area (Å²) in [5, 5.41) is 0.141. The maximum Gasteiger partial charge on any atom is 0.125 e. The van der Waals surface area contributed by atoms with Gasteiger partial charge in [0, 0.05) is 11.3 Å². The third-order valence-corrected chi connectivity index (χ3v) is 3.52. The maximum atomic E-state index is 6.15. The van der Waals surface area contributed by atoms with Crippen LogP contribution in [0.2, 0.25) is 0 Å². The van der Waals surface area contributed by atoms with Crippen molar-refractivity contribution >= 4 is 11.6 Å². The Bertz CT molecular complexity index is 346. The van der Waals surface area contributed by atoms with Gasteiger partial charge < -0.3 is 4.74 Å². The van der Waals surface area contributed by atoms with Crippen LogP contribution in [0.25, 0.3) is 0 Å². The average molecular weight is 225 g/mol. The van der Waals surface area contributed by atoms with Crippen molar-refractivity contribution in [2.45, 2.75) is 38.0 Å². The van der Waals surface area contributed by atoms with E-state index in [0.717, 1.165) is 25.2 Å². The van der Waals surface area contributed by atoms with Gasteiger partial charge in [-0.3, -0.25) is 0 Å². The van der Waals surface area contributed by atoms with Gasteiger partial charge in [-0.15, -0.1) is 11.6 Å². The Morgan fingerprint density at radius 1 is 1.33 bits per heavy atom. The first-order valence-electron chi connectivity index (χ1n) is 5.59. The molecule has 0 saturated heterocycles. The SMILES string of the molecule is CC(Cl)C(C)c1cccc2c1OCCC2. The number of aryl methyl sites for hydroxylation is 1. The molecule has 0 spiro atoms. The van der Waals surface area contributed by atoms with Crippen LogP contribution >= 0.6 is 11.6 Å². The summed E-state index contributed by atoms with van der Waals surface area (Å²) in [5.74, 6) is 1.43. The van der Waals surface area contributed by atoms with Gasteiger partial charge in [-0.25, -0.2) is 0 Å². The van der Waals surface area contributed by atoms with Crippen LogP contribution in [0, 0.1) is 0 Å². The van der Waals surface area contributed by atoms with Gasteiger partial charge in [0.1, 0.15) is 5.75 Å². The monoisotopic (exact) mass is 224 g/mol. The third-order valence-electron chi connectivity index (χ3n) is 3.14. The van der Waals surface area contributed by atoms with Crippen LogP contribution in [0.4, 0.5) is 0 Å². The molecule has 1 aliphatic rings. The highest BCUT2D eigenvalue weighted by Gasteiger charge is 2.20. The number of hydrogen-bond donors (Lipinski definition) is 0. The van der Waals surface area contributed by atoms with Gasteiger partial charge in [0.25, 0.3) is 0 Å². The number of ether oxygens (including phenoxy) is 1. The second-order valence-electron chi connectivity index (χ2n) is 4.25. The van der Waals surface area contributed by atoms with Crippen LogP contribution in [0.3, 0.4) is 0 Å². The van der Waals surface area contributed by atoms with Crippen molar-refractivity contribution in [2.75, 3.05) is 6.61 Å². The summed E-state index contributed by atoms with van der Waals surface area (Å²) in [5.41, 5.74) is 2.60. The third kappa shape index (κ3) is 2.12. The standard InChI is InChI=1S/C13H17ClO/c1-9(10(2)14)12-7-3-5-11-6-4-8-15-13(11)12/h3,5,7,9-10H,4,6,8H2,1-2H3. The fourth-order valence-electron chi connectivity index (χ4n) is 2.02. The van der Waals surface area contributed by atoms with Gasteiger partial charge in [-0.2, -0.15) is 0 Å². The first-order chi connectivity index (χ1) is 7.20. The van der Waals surface area contributed by atoms with E-state index in [1.165, 1.54) is 11.1 Å². The van der Waals surface area contributed by atoms with E-state index in [-0.39, 0.29) is 5.38 Å². The van der Waals surface area contributed by atoms with Crippen LogP contribution in [-0.2, 0) is 6.42 Å². The van der Waals surface area contributed by atoms with Crippen molar-refractivity contribution in [1.82, 2.24) is 0 Å². The number of alkyl halides is 1. The Morgan fingerprint density at radius 3 is 2.87 bits per heavy atom. The lowest BCUT2D eigenvalue weighted by molar-refractivity contribution is 0.283. The van der Waals surface area contributed by atoms with E-state index in [4.69, 9.17) is 16.3 Å². The Labute approximate surface area is 96.4 Å². The molecule has 0 amide bonds. The highest BCUT2D eigenvalue weighted by Crippen LogP contribution is 2.36. The summed E-state index contributed by atoms with van der Waals surface area (Å²) in [6, 6.07) is 6.40. The summed E-state index contributed by atoms with van der Waals surface area (Å²) in [4.78, 5) is 0. The number of rotatable bonds is 2. The van der Waals surface area contributed by atoms with E-state index in [0.29, 0.717) is 5.92 Å². The molecule has 0 fully saturated rings. The van der Waals surface area contributed by atoms with Crippen molar-refractivity contribution in [1.29, 1.82) is 0 Å². The molecule has 1 aromatic rings. The molecule has 2 unspecified atom stereocenters. The lowest BCUT2D eigenvalue weighted by Crippen LogP contribution is -2.14. The predicted octanol–water partition coefficient (Wildman–Crippen LogP) is 3.74. The molecule has 1 nitrogen and oxygen atoms in total.